The molecule has 0 radical (unpaired) electrons. The van der Waals surface area contributed by atoms with Crippen LogP contribution in [0.2, 0.25) is 0 Å². The molecule has 0 aromatic heterocycles. The summed E-state index contributed by atoms with van der Waals surface area (Å²) in [7, 11) is 1.58. The lowest BCUT2D eigenvalue weighted by Gasteiger charge is -2.26. The molecule has 0 spiro atoms. The highest BCUT2D eigenvalue weighted by molar-refractivity contribution is 5.95. The molecule has 5 aromatic carbocycles. The highest BCUT2D eigenvalue weighted by atomic mass is 16.5. The average Bonchev–Trinajstić information content (AvgIpc) is 3.06. The number of methoxy groups -OCH3 is 1. The van der Waals surface area contributed by atoms with E-state index in [1.807, 2.05) is 109 Å². The first-order chi connectivity index (χ1) is 21.0. The van der Waals surface area contributed by atoms with Gasteiger partial charge in [0.2, 0.25) is 5.91 Å². The van der Waals surface area contributed by atoms with Gasteiger partial charge in [-0.3, -0.25) is 10.2 Å². The summed E-state index contributed by atoms with van der Waals surface area (Å²) in [4.78, 5) is 14.2. The molecular formula is C36H34N4O3. The fraction of sp³-hybridized carbons (Fsp3) is 0.111. The van der Waals surface area contributed by atoms with E-state index < -0.39 is 6.04 Å². The summed E-state index contributed by atoms with van der Waals surface area (Å²) in [5.41, 5.74) is 10.6. The minimum atomic E-state index is -0.782. The topological polar surface area (TPSA) is 109 Å². The Labute approximate surface area is 251 Å². The van der Waals surface area contributed by atoms with E-state index in [1.165, 1.54) is 0 Å². The molecule has 0 bridgehead atoms. The quantitative estimate of drug-likeness (QED) is 0.0996. The lowest BCUT2D eigenvalue weighted by Crippen LogP contribution is -2.36. The van der Waals surface area contributed by atoms with Crippen molar-refractivity contribution >= 4 is 17.4 Å². The summed E-state index contributed by atoms with van der Waals surface area (Å²) < 4.78 is 11.8. The minimum absolute atomic E-state index is 0.0229. The summed E-state index contributed by atoms with van der Waals surface area (Å²) in [6, 6.07) is 41.1. The van der Waals surface area contributed by atoms with Crippen molar-refractivity contribution in [3.8, 4) is 11.5 Å². The van der Waals surface area contributed by atoms with E-state index in [0.717, 1.165) is 16.7 Å². The van der Waals surface area contributed by atoms with Crippen LogP contribution in [-0.2, 0) is 11.4 Å². The van der Waals surface area contributed by atoms with Crippen molar-refractivity contribution in [1.29, 1.82) is 5.41 Å². The molecule has 0 saturated heterocycles. The number of nitrogens with one attached hydrogen (secondary N) is 3. The normalized spacial score (nSPS) is 11.4. The van der Waals surface area contributed by atoms with E-state index in [2.05, 4.69) is 10.6 Å². The molecule has 43 heavy (non-hydrogen) atoms. The zero-order chi connectivity index (χ0) is 30.0. The first-order valence-electron chi connectivity index (χ1n) is 14.0. The van der Waals surface area contributed by atoms with Gasteiger partial charge in [-0.1, -0.05) is 97.1 Å². The number of rotatable bonds is 12. The van der Waals surface area contributed by atoms with Crippen LogP contribution in [0, 0.1) is 5.41 Å². The number of hydrogen-bond acceptors (Lipinski definition) is 5. The van der Waals surface area contributed by atoms with Crippen LogP contribution in [0.1, 0.15) is 39.9 Å². The number of carbonyl (C=O) groups is 1. The van der Waals surface area contributed by atoms with Crippen LogP contribution >= 0.6 is 0 Å². The molecule has 216 valence electrons. The lowest BCUT2D eigenvalue weighted by atomic mass is 9.97. The first kappa shape index (κ1) is 29.0. The number of amidine groups is 1. The fourth-order valence-corrected chi connectivity index (χ4v) is 4.81. The van der Waals surface area contributed by atoms with Gasteiger partial charge in [-0.05, 0) is 58.7 Å². The molecule has 5 rings (SSSR count). The van der Waals surface area contributed by atoms with Crippen LogP contribution in [0.25, 0.3) is 0 Å². The summed E-state index contributed by atoms with van der Waals surface area (Å²) in [5.74, 6) is 0.840. The van der Waals surface area contributed by atoms with Crippen LogP contribution in [0.15, 0.2) is 133 Å². The smallest absolute Gasteiger partial charge is 0.247 e. The maximum absolute atomic E-state index is 14.2. The number of amides is 1. The number of nitrogen functional groups attached to an aromatic ring is 1. The monoisotopic (exact) mass is 570 g/mol. The van der Waals surface area contributed by atoms with Gasteiger partial charge in [0.05, 0.1) is 13.2 Å². The molecule has 0 aliphatic carbocycles. The fourth-order valence-electron chi connectivity index (χ4n) is 4.81. The number of benzene rings is 5. The minimum Gasteiger partial charge on any atom is -0.493 e. The SMILES string of the molecule is COc1cc([C@@H](Nc2ccc(C(=N)N)cc2)C(=O)NC(c2ccccc2)c2ccccc2)ccc1OCc1ccccc1. The third kappa shape index (κ3) is 7.40. The third-order valence-electron chi connectivity index (χ3n) is 7.08. The standard InChI is InChI=1S/C36H34N4O3/c1-42-32-23-29(19-22-31(32)43-24-25-11-5-2-6-12-25)34(39-30-20-17-28(18-21-30)35(37)38)36(41)40-33(26-13-7-3-8-14-26)27-15-9-4-10-16-27/h2-23,33-34,39H,24H2,1H3,(H3,37,38)(H,40,41)/t34-/m1/s1. The van der Waals surface area contributed by atoms with Gasteiger partial charge in [0.15, 0.2) is 11.5 Å². The van der Waals surface area contributed by atoms with Crippen molar-refractivity contribution in [1.82, 2.24) is 5.32 Å². The molecule has 0 unspecified atom stereocenters. The van der Waals surface area contributed by atoms with Gasteiger partial charge >= 0.3 is 0 Å². The van der Waals surface area contributed by atoms with E-state index >= 15 is 0 Å². The molecule has 7 heteroatoms. The lowest BCUT2D eigenvalue weighted by molar-refractivity contribution is -0.122. The Morgan fingerprint density at radius 3 is 1.88 bits per heavy atom. The molecule has 0 saturated carbocycles. The van der Waals surface area contributed by atoms with E-state index in [9.17, 15) is 4.79 Å². The van der Waals surface area contributed by atoms with Crippen LogP contribution < -0.4 is 25.8 Å². The molecule has 0 fully saturated rings. The van der Waals surface area contributed by atoms with Gasteiger partial charge in [0.1, 0.15) is 18.5 Å². The van der Waals surface area contributed by atoms with Crippen molar-refractivity contribution < 1.29 is 14.3 Å². The van der Waals surface area contributed by atoms with Gasteiger partial charge in [-0.2, -0.15) is 0 Å². The number of carbonyl (C=O) groups excluding carboxylic acids is 1. The molecular weight excluding hydrogens is 536 g/mol. The largest absolute Gasteiger partial charge is 0.493 e. The molecule has 5 N–H and O–H groups in total. The predicted octanol–water partition coefficient (Wildman–Crippen LogP) is 6.62. The van der Waals surface area contributed by atoms with Crippen molar-refractivity contribution in [2.45, 2.75) is 18.7 Å². The summed E-state index contributed by atoms with van der Waals surface area (Å²) >= 11 is 0. The maximum atomic E-state index is 14.2. The number of hydrogen-bond donors (Lipinski definition) is 4. The van der Waals surface area contributed by atoms with Gasteiger partial charge in [-0.15, -0.1) is 0 Å². The Balaban J connectivity index is 1.47. The van der Waals surface area contributed by atoms with E-state index in [1.54, 1.807) is 31.4 Å². The van der Waals surface area contributed by atoms with Crippen LogP contribution in [0.3, 0.4) is 0 Å². The molecule has 0 aliphatic heterocycles. The van der Waals surface area contributed by atoms with Gasteiger partial charge in [-0.25, -0.2) is 0 Å². The van der Waals surface area contributed by atoms with Crippen molar-refractivity contribution in [2.24, 2.45) is 5.73 Å². The number of nitrogens with two attached hydrogens (primary N) is 1. The Hall–Kier alpha value is -5.56. The van der Waals surface area contributed by atoms with E-state index in [-0.39, 0.29) is 17.8 Å². The summed E-state index contributed by atoms with van der Waals surface area (Å²) in [5, 5.41) is 14.4. The Kier molecular flexibility index (Phi) is 9.34. The van der Waals surface area contributed by atoms with Crippen LogP contribution in [0.5, 0.6) is 11.5 Å². The Bertz CT molecular complexity index is 1600. The Morgan fingerprint density at radius 1 is 0.744 bits per heavy atom. The predicted molar refractivity (Wildman–Crippen MR) is 170 cm³/mol. The van der Waals surface area contributed by atoms with Crippen molar-refractivity contribution in [3.63, 3.8) is 0 Å². The zero-order valence-electron chi connectivity index (χ0n) is 23.9. The van der Waals surface area contributed by atoms with Crippen molar-refractivity contribution in [2.75, 3.05) is 12.4 Å². The molecule has 5 aromatic rings. The third-order valence-corrected chi connectivity index (χ3v) is 7.08. The molecule has 1 atom stereocenters. The summed E-state index contributed by atoms with van der Waals surface area (Å²) in [6.45, 7) is 0.386. The average molecular weight is 571 g/mol. The number of ether oxygens (including phenoxy) is 2. The van der Waals surface area contributed by atoms with Gasteiger partial charge in [0, 0.05) is 11.3 Å². The van der Waals surface area contributed by atoms with Gasteiger partial charge < -0.3 is 25.8 Å². The molecule has 1 amide bonds. The second-order valence-corrected chi connectivity index (χ2v) is 10.0. The number of anilines is 1. The highest BCUT2D eigenvalue weighted by Crippen LogP contribution is 2.33. The zero-order valence-corrected chi connectivity index (χ0v) is 23.9. The first-order valence-corrected chi connectivity index (χ1v) is 14.0. The van der Waals surface area contributed by atoms with E-state index in [0.29, 0.717) is 34.9 Å². The second-order valence-electron chi connectivity index (χ2n) is 10.0. The van der Waals surface area contributed by atoms with Crippen LogP contribution in [-0.4, -0.2) is 18.9 Å². The summed E-state index contributed by atoms with van der Waals surface area (Å²) in [6.07, 6.45) is 0. The second kappa shape index (κ2) is 13.9. The van der Waals surface area contributed by atoms with E-state index in [4.69, 9.17) is 20.6 Å². The highest BCUT2D eigenvalue weighted by Gasteiger charge is 2.26. The molecule has 7 nitrogen and oxygen atoms in total. The van der Waals surface area contributed by atoms with Crippen LogP contribution in [0.4, 0.5) is 5.69 Å². The molecule has 0 aliphatic rings. The maximum Gasteiger partial charge on any atom is 0.247 e. The molecule has 0 heterocycles. The van der Waals surface area contributed by atoms with Gasteiger partial charge in [0.25, 0.3) is 0 Å². The van der Waals surface area contributed by atoms with Crippen molar-refractivity contribution in [3.05, 3.63) is 161 Å². The Morgan fingerprint density at radius 2 is 1.33 bits per heavy atom.